The Morgan fingerprint density at radius 1 is 1.67 bits per heavy atom. The molecule has 2 aliphatic rings. The molecule has 1 saturated carbocycles. The molecule has 1 aliphatic carbocycles. The summed E-state index contributed by atoms with van der Waals surface area (Å²) in [7, 11) is 1.78. The van der Waals surface area contributed by atoms with Crippen LogP contribution in [0.1, 0.15) is 28.5 Å². The highest BCUT2D eigenvalue weighted by Crippen LogP contribution is 2.49. The molecule has 0 aromatic carbocycles. The Labute approximate surface area is 87.1 Å². The fraction of sp³-hybridized carbons (Fsp3) is 0.455. The van der Waals surface area contributed by atoms with Crippen LogP contribution in [0.15, 0.2) is 16.7 Å². The molecule has 0 N–H and O–H groups in total. The molecule has 4 heteroatoms. The maximum atomic E-state index is 11.8. The fourth-order valence-electron chi connectivity index (χ4n) is 2.65. The van der Waals surface area contributed by atoms with Crippen LogP contribution in [0, 0.1) is 17.2 Å². The summed E-state index contributed by atoms with van der Waals surface area (Å²) in [4.78, 5) is 13.5. The Morgan fingerprint density at radius 3 is 3.20 bits per heavy atom. The Kier molecular flexibility index (Phi) is 1.50. The van der Waals surface area contributed by atoms with Gasteiger partial charge in [-0.15, -0.1) is 0 Å². The summed E-state index contributed by atoms with van der Waals surface area (Å²) in [6, 6.07) is 4.30. The van der Waals surface area contributed by atoms with E-state index in [0.717, 1.165) is 12.0 Å². The molecule has 0 spiro atoms. The zero-order valence-electron chi connectivity index (χ0n) is 8.30. The van der Waals surface area contributed by atoms with Crippen molar-refractivity contribution in [2.24, 2.45) is 5.92 Å². The smallest absolute Gasteiger partial charge is 0.289 e. The van der Waals surface area contributed by atoms with Crippen LogP contribution in [0.2, 0.25) is 0 Å². The molecule has 0 saturated heterocycles. The van der Waals surface area contributed by atoms with Crippen molar-refractivity contribution in [3.63, 3.8) is 0 Å². The first-order chi connectivity index (χ1) is 7.24. The van der Waals surface area contributed by atoms with Crippen molar-refractivity contribution in [3.05, 3.63) is 23.7 Å². The van der Waals surface area contributed by atoms with E-state index < -0.39 is 0 Å². The van der Waals surface area contributed by atoms with Gasteiger partial charge in [0.1, 0.15) is 0 Å². The number of fused-ring (bicyclic) bond motifs is 3. The molecule has 3 rings (SSSR count). The van der Waals surface area contributed by atoms with Gasteiger partial charge in [0, 0.05) is 24.6 Å². The molecule has 15 heavy (non-hydrogen) atoms. The molecule has 0 unspecified atom stereocenters. The van der Waals surface area contributed by atoms with Gasteiger partial charge in [-0.05, 0) is 12.5 Å². The molecule has 4 nitrogen and oxygen atoms in total. The molecule has 1 fully saturated rings. The average molecular weight is 202 g/mol. The molecule has 0 bridgehead atoms. The van der Waals surface area contributed by atoms with E-state index in [9.17, 15) is 4.79 Å². The van der Waals surface area contributed by atoms with Gasteiger partial charge in [0.25, 0.3) is 5.91 Å². The van der Waals surface area contributed by atoms with Crippen LogP contribution in [0.5, 0.6) is 0 Å². The highest BCUT2D eigenvalue weighted by atomic mass is 16.3. The first-order valence-corrected chi connectivity index (χ1v) is 4.98. The minimum absolute atomic E-state index is 0.0295. The lowest BCUT2D eigenvalue weighted by Gasteiger charge is -2.48. The van der Waals surface area contributed by atoms with E-state index in [0.29, 0.717) is 5.76 Å². The van der Waals surface area contributed by atoms with Crippen LogP contribution in [-0.2, 0) is 0 Å². The molecule has 2 heterocycles. The van der Waals surface area contributed by atoms with Gasteiger partial charge < -0.3 is 9.32 Å². The zero-order chi connectivity index (χ0) is 10.6. The SMILES string of the molecule is CN1C(=O)c2occc2[C@H]2[C@H](C#N)C[C@H]21. The van der Waals surface area contributed by atoms with Gasteiger partial charge in [0.2, 0.25) is 0 Å². The highest BCUT2D eigenvalue weighted by molar-refractivity contribution is 5.95. The number of nitriles is 1. The summed E-state index contributed by atoms with van der Waals surface area (Å²) in [5.74, 6) is 0.541. The quantitative estimate of drug-likeness (QED) is 0.638. The van der Waals surface area contributed by atoms with Crippen molar-refractivity contribution in [2.45, 2.75) is 18.4 Å². The number of amides is 1. The Morgan fingerprint density at radius 2 is 2.47 bits per heavy atom. The third kappa shape index (κ3) is 0.878. The van der Waals surface area contributed by atoms with Crippen LogP contribution in [0.3, 0.4) is 0 Å². The van der Waals surface area contributed by atoms with Crippen molar-refractivity contribution in [1.29, 1.82) is 5.26 Å². The van der Waals surface area contributed by atoms with Crippen LogP contribution in [-0.4, -0.2) is 23.9 Å². The third-order valence-corrected chi connectivity index (χ3v) is 3.58. The van der Waals surface area contributed by atoms with Crippen molar-refractivity contribution < 1.29 is 9.21 Å². The fourth-order valence-corrected chi connectivity index (χ4v) is 2.65. The molecule has 1 aliphatic heterocycles. The predicted octanol–water partition coefficient (Wildman–Crippen LogP) is 1.36. The summed E-state index contributed by atoms with van der Waals surface area (Å²) in [5.41, 5.74) is 0.918. The number of carbonyl (C=O) groups is 1. The lowest BCUT2D eigenvalue weighted by Crippen LogP contribution is -2.54. The van der Waals surface area contributed by atoms with Crippen LogP contribution >= 0.6 is 0 Å². The van der Waals surface area contributed by atoms with Gasteiger partial charge >= 0.3 is 0 Å². The normalized spacial score (nSPS) is 32.7. The Hall–Kier alpha value is -1.76. The van der Waals surface area contributed by atoms with Crippen LogP contribution in [0.4, 0.5) is 0 Å². The first kappa shape index (κ1) is 8.54. The molecule has 1 aromatic heterocycles. The van der Waals surface area contributed by atoms with Gasteiger partial charge in [-0.25, -0.2) is 0 Å². The average Bonchev–Trinajstić information content (AvgIpc) is 2.63. The second kappa shape index (κ2) is 2.63. The van der Waals surface area contributed by atoms with E-state index in [4.69, 9.17) is 9.68 Å². The van der Waals surface area contributed by atoms with Gasteiger partial charge in [-0.1, -0.05) is 0 Å². The van der Waals surface area contributed by atoms with E-state index >= 15 is 0 Å². The Bertz CT molecular complexity index is 471. The second-order valence-electron chi connectivity index (χ2n) is 4.19. The summed E-state index contributed by atoms with van der Waals surface area (Å²) in [5, 5.41) is 8.96. The summed E-state index contributed by atoms with van der Waals surface area (Å²) < 4.78 is 5.18. The summed E-state index contributed by atoms with van der Waals surface area (Å²) in [6.07, 6.45) is 2.32. The molecule has 76 valence electrons. The third-order valence-electron chi connectivity index (χ3n) is 3.58. The van der Waals surface area contributed by atoms with Crippen molar-refractivity contribution in [1.82, 2.24) is 4.90 Å². The predicted molar refractivity (Wildman–Crippen MR) is 51.1 cm³/mol. The van der Waals surface area contributed by atoms with Gasteiger partial charge in [-0.2, -0.15) is 5.26 Å². The minimum atomic E-state index is -0.0624. The minimum Gasteiger partial charge on any atom is -0.459 e. The van der Waals surface area contributed by atoms with E-state index in [1.54, 1.807) is 11.9 Å². The number of carbonyl (C=O) groups excluding carboxylic acids is 1. The molecule has 0 radical (unpaired) electrons. The van der Waals surface area contributed by atoms with Crippen molar-refractivity contribution in [2.75, 3.05) is 7.05 Å². The van der Waals surface area contributed by atoms with E-state index in [1.165, 1.54) is 6.26 Å². The summed E-state index contributed by atoms with van der Waals surface area (Å²) >= 11 is 0. The topological polar surface area (TPSA) is 57.2 Å². The monoisotopic (exact) mass is 202 g/mol. The molecular formula is C11H10N2O2. The number of furan rings is 1. The number of hydrogen-bond acceptors (Lipinski definition) is 3. The maximum absolute atomic E-state index is 11.8. The molecule has 1 aromatic rings. The standard InChI is InChI=1S/C11H10N2O2/c1-13-8-4-6(5-12)9(8)7-2-3-15-10(7)11(13)14/h2-3,6,8-9H,4H2,1H3/t6-,8+,9+/m0/s1. The number of likely N-dealkylation sites (N-methyl/N-ethyl adjacent to an activating group) is 1. The van der Waals surface area contributed by atoms with E-state index in [1.807, 2.05) is 6.07 Å². The Balaban J connectivity index is 2.11. The largest absolute Gasteiger partial charge is 0.459 e. The molecule has 1 amide bonds. The van der Waals surface area contributed by atoms with E-state index in [2.05, 4.69) is 6.07 Å². The highest BCUT2D eigenvalue weighted by Gasteiger charge is 2.51. The lowest BCUT2D eigenvalue weighted by atomic mass is 9.64. The van der Waals surface area contributed by atoms with Gasteiger partial charge in [-0.3, -0.25) is 4.79 Å². The van der Waals surface area contributed by atoms with Crippen LogP contribution < -0.4 is 0 Å². The van der Waals surface area contributed by atoms with Crippen molar-refractivity contribution >= 4 is 5.91 Å². The molecular weight excluding hydrogens is 192 g/mol. The molecule has 3 atom stereocenters. The van der Waals surface area contributed by atoms with E-state index in [-0.39, 0.29) is 23.8 Å². The number of nitrogens with zero attached hydrogens (tertiary/aromatic N) is 2. The maximum Gasteiger partial charge on any atom is 0.289 e. The number of rotatable bonds is 0. The van der Waals surface area contributed by atoms with Crippen LogP contribution in [0.25, 0.3) is 0 Å². The van der Waals surface area contributed by atoms with Gasteiger partial charge in [0.05, 0.1) is 18.3 Å². The van der Waals surface area contributed by atoms with Gasteiger partial charge in [0.15, 0.2) is 5.76 Å². The number of hydrogen-bond donors (Lipinski definition) is 0. The van der Waals surface area contributed by atoms with Crippen molar-refractivity contribution in [3.8, 4) is 6.07 Å². The zero-order valence-corrected chi connectivity index (χ0v) is 8.30. The summed E-state index contributed by atoms with van der Waals surface area (Å²) in [6.45, 7) is 0. The lowest BCUT2D eigenvalue weighted by molar-refractivity contribution is 0.0417. The second-order valence-corrected chi connectivity index (χ2v) is 4.19. The first-order valence-electron chi connectivity index (χ1n) is 4.98.